The monoisotopic (exact) mass is 439 g/mol. The summed E-state index contributed by atoms with van der Waals surface area (Å²) >= 11 is 2.49. The molecule has 6 nitrogen and oxygen atoms in total. The molecule has 0 fully saturated rings. The van der Waals surface area contributed by atoms with Crippen LogP contribution in [0.1, 0.15) is 38.0 Å². The summed E-state index contributed by atoms with van der Waals surface area (Å²) in [6.07, 6.45) is 0.0946. The van der Waals surface area contributed by atoms with Crippen LogP contribution in [0.4, 0.5) is 19.7 Å². The molecule has 0 spiro atoms. The van der Waals surface area contributed by atoms with Crippen molar-refractivity contribution in [3.63, 3.8) is 0 Å². The van der Waals surface area contributed by atoms with E-state index in [0.29, 0.717) is 32.0 Å². The molecule has 1 aromatic carbocycles. The van der Waals surface area contributed by atoms with Crippen molar-refractivity contribution in [3.05, 3.63) is 35.6 Å². The zero-order chi connectivity index (χ0) is 21.2. The normalized spacial score (nSPS) is 14.1. The van der Waals surface area contributed by atoms with Gasteiger partial charge in [-0.25, -0.2) is 23.7 Å². The third kappa shape index (κ3) is 5.52. The standard InChI is InChI=1S/C19H23F2N5OS2/c1-10(12-6-4-5-7-13(12)20)28-18-25-15(14-16(26-18)24-17(22)29-14)23-11(9-27)8-19(2,3)21/h4-7,10-11,27H,8-9H2,1-3H3,(H3,22,23,24,25,26)/t10-,11+/m0/s1. The predicted octanol–water partition coefficient (Wildman–Crippen LogP) is 4.57. The first kappa shape index (κ1) is 21.7. The number of hydrogen-bond donors (Lipinski definition) is 3. The second-order valence-electron chi connectivity index (χ2n) is 7.29. The molecule has 0 aliphatic heterocycles. The number of nitrogens with two attached hydrogens (primary N) is 1. The number of thioether (sulfide) groups is 1. The van der Waals surface area contributed by atoms with Crippen LogP contribution in [0.25, 0.3) is 10.3 Å². The van der Waals surface area contributed by atoms with E-state index in [1.165, 1.54) is 43.0 Å². The van der Waals surface area contributed by atoms with E-state index in [1.807, 2.05) is 6.92 Å². The van der Waals surface area contributed by atoms with Crippen LogP contribution in [0.2, 0.25) is 0 Å². The highest BCUT2D eigenvalue weighted by molar-refractivity contribution is 7.99. The van der Waals surface area contributed by atoms with Crippen LogP contribution in [-0.2, 0) is 0 Å². The highest BCUT2D eigenvalue weighted by Gasteiger charge is 2.24. The maximum atomic E-state index is 14.1. The fraction of sp³-hybridized carbons (Fsp3) is 0.421. The summed E-state index contributed by atoms with van der Waals surface area (Å²) in [7, 11) is 0. The molecular weight excluding hydrogens is 416 g/mol. The van der Waals surface area contributed by atoms with Gasteiger partial charge in [-0.15, -0.1) is 0 Å². The average molecular weight is 440 g/mol. The molecule has 2 heterocycles. The number of anilines is 2. The van der Waals surface area contributed by atoms with Gasteiger partial charge < -0.3 is 16.2 Å². The highest BCUT2D eigenvalue weighted by Crippen LogP contribution is 2.37. The Morgan fingerprint density at radius 2 is 2.00 bits per heavy atom. The van der Waals surface area contributed by atoms with E-state index in [1.54, 1.807) is 18.2 Å². The minimum Gasteiger partial charge on any atom is -0.394 e. The van der Waals surface area contributed by atoms with Gasteiger partial charge in [-0.05, 0) is 26.8 Å². The summed E-state index contributed by atoms with van der Waals surface area (Å²) in [6, 6.07) is 6.00. The number of fused-ring (bicyclic) bond motifs is 1. The number of aromatic nitrogens is 3. The van der Waals surface area contributed by atoms with Crippen LogP contribution in [0.15, 0.2) is 29.4 Å². The molecule has 0 aliphatic carbocycles. The van der Waals surface area contributed by atoms with Crippen LogP contribution in [0.5, 0.6) is 0 Å². The molecule has 0 unspecified atom stereocenters. The summed E-state index contributed by atoms with van der Waals surface area (Å²) < 4.78 is 28.8. The number of halogens is 2. The van der Waals surface area contributed by atoms with Gasteiger partial charge >= 0.3 is 0 Å². The van der Waals surface area contributed by atoms with E-state index in [-0.39, 0.29) is 24.1 Å². The Labute approximate surface area is 176 Å². The SMILES string of the molecule is C[C@H](Sc1nc(N[C@@H](CO)CC(C)(C)F)c2sc(N)nc2n1)c1ccccc1F. The summed E-state index contributed by atoms with van der Waals surface area (Å²) in [6.45, 7) is 4.51. The Morgan fingerprint density at radius 1 is 1.28 bits per heavy atom. The molecule has 3 rings (SSSR count). The van der Waals surface area contributed by atoms with Gasteiger partial charge in [0, 0.05) is 17.2 Å². The molecule has 0 radical (unpaired) electrons. The Kier molecular flexibility index (Phi) is 6.55. The maximum Gasteiger partial charge on any atom is 0.192 e. The lowest BCUT2D eigenvalue weighted by Crippen LogP contribution is -2.31. The van der Waals surface area contributed by atoms with Crippen LogP contribution in [-0.4, -0.2) is 38.4 Å². The molecule has 0 aliphatic rings. The second kappa shape index (κ2) is 8.76. The van der Waals surface area contributed by atoms with E-state index in [9.17, 15) is 13.9 Å². The van der Waals surface area contributed by atoms with Crippen LogP contribution in [0, 0.1) is 5.82 Å². The predicted molar refractivity (Wildman–Crippen MR) is 115 cm³/mol. The summed E-state index contributed by atoms with van der Waals surface area (Å²) in [5.41, 5.74) is 5.32. The molecule has 29 heavy (non-hydrogen) atoms. The number of nitrogen functional groups attached to an aromatic ring is 1. The minimum absolute atomic E-state index is 0.0946. The molecule has 2 atom stereocenters. The molecule has 0 amide bonds. The molecule has 3 aromatic rings. The van der Waals surface area contributed by atoms with Crippen molar-refractivity contribution in [2.24, 2.45) is 0 Å². The molecule has 4 N–H and O–H groups in total. The molecule has 2 aromatic heterocycles. The number of rotatable bonds is 8. The molecule has 10 heteroatoms. The molecule has 0 saturated carbocycles. The third-order valence-electron chi connectivity index (χ3n) is 4.17. The van der Waals surface area contributed by atoms with E-state index in [2.05, 4.69) is 20.3 Å². The van der Waals surface area contributed by atoms with E-state index < -0.39 is 11.7 Å². The van der Waals surface area contributed by atoms with E-state index in [4.69, 9.17) is 5.73 Å². The quantitative estimate of drug-likeness (QED) is 0.349. The number of alkyl halides is 1. The highest BCUT2D eigenvalue weighted by atomic mass is 32.2. The van der Waals surface area contributed by atoms with Gasteiger partial charge in [0.05, 0.1) is 12.6 Å². The van der Waals surface area contributed by atoms with Gasteiger partial charge in [-0.2, -0.15) is 0 Å². The molecule has 0 saturated heterocycles. The lowest BCUT2D eigenvalue weighted by molar-refractivity contribution is 0.165. The van der Waals surface area contributed by atoms with Gasteiger partial charge in [-0.3, -0.25) is 0 Å². The van der Waals surface area contributed by atoms with E-state index in [0.717, 1.165) is 0 Å². The first-order valence-electron chi connectivity index (χ1n) is 9.07. The number of nitrogens with one attached hydrogen (secondary N) is 1. The zero-order valence-electron chi connectivity index (χ0n) is 16.3. The smallest absolute Gasteiger partial charge is 0.192 e. The lowest BCUT2D eigenvalue weighted by atomic mass is 10.0. The first-order valence-corrected chi connectivity index (χ1v) is 10.8. The molecule has 0 bridgehead atoms. The Morgan fingerprint density at radius 3 is 2.66 bits per heavy atom. The van der Waals surface area contributed by atoms with Crippen molar-refractivity contribution in [3.8, 4) is 0 Å². The van der Waals surface area contributed by atoms with Crippen molar-refractivity contribution in [2.75, 3.05) is 17.7 Å². The van der Waals surface area contributed by atoms with Crippen LogP contribution in [0.3, 0.4) is 0 Å². The van der Waals surface area contributed by atoms with Crippen molar-refractivity contribution in [2.45, 2.75) is 49.3 Å². The van der Waals surface area contributed by atoms with Crippen molar-refractivity contribution >= 4 is 44.4 Å². The number of hydrogen-bond acceptors (Lipinski definition) is 8. The number of benzene rings is 1. The average Bonchev–Trinajstić information content (AvgIpc) is 3.00. The second-order valence-corrected chi connectivity index (χ2v) is 9.63. The fourth-order valence-corrected chi connectivity index (χ4v) is 4.58. The number of nitrogens with zero attached hydrogens (tertiary/aromatic N) is 3. The zero-order valence-corrected chi connectivity index (χ0v) is 17.9. The van der Waals surface area contributed by atoms with Crippen LogP contribution < -0.4 is 11.1 Å². The van der Waals surface area contributed by atoms with Gasteiger partial charge in [0.2, 0.25) is 0 Å². The maximum absolute atomic E-state index is 14.1. The largest absolute Gasteiger partial charge is 0.394 e. The molecule has 156 valence electrons. The summed E-state index contributed by atoms with van der Waals surface area (Å²) in [5.74, 6) is 0.131. The summed E-state index contributed by atoms with van der Waals surface area (Å²) in [5, 5.41) is 13.2. The minimum atomic E-state index is -1.46. The number of thiazole rings is 1. The van der Waals surface area contributed by atoms with Crippen molar-refractivity contribution in [1.29, 1.82) is 0 Å². The Hall–Kier alpha value is -2.04. The van der Waals surface area contributed by atoms with Crippen molar-refractivity contribution in [1.82, 2.24) is 15.0 Å². The Bertz CT molecular complexity index is 992. The van der Waals surface area contributed by atoms with E-state index >= 15 is 0 Å². The molecular formula is C19H23F2N5OS2. The van der Waals surface area contributed by atoms with Gasteiger partial charge in [-0.1, -0.05) is 41.3 Å². The number of aliphatic hydroxyl groups is 1. The number of aliphatic hydroxyl groups excluding tert-OH is 1. The topological polar surface area (TPSA) is 97.0 Å². The lowest BCUT2D eigenvalue weighted by Gasteiger charge is -2.23. The van der Waals surface area contributed by atoms with Gasteiger partial charge in [0.25, 0.3) is 0 Å². The Balaban J connectivity index is 1.92. The third-order valence-corrected chi connectivity index (χ3v) is 6.05. The van der Waals surface area contributed by atoms with Crippen LogP contribution >= 0.6 is 23.1 Å². The van der Waals surface area contributed by atoms with Gasteiger partial charge in [0.1, 0.15) is 16.2 Å². The summed E-state index contributed by atoms with van der Waals surface area (Å²) in [4.78, 5) is 13.2. The fourth-order valence-electron chi connectivity index (χ4n) is 2.94. The van der Waals surface area contributed by atoms with Gasteiger partial charge in [0.15, 0.2) is 21.8 Å². The first-order chi connectivity index (χ1) is 13.7. The van der Waals surface area contributed by atoms with Crippen molar-refractivity contribution < 1.29 is 13.9 Å².